The lowest BCUT2D eigenvalue weighted by Gasteiger charge is -2.36. The molecule has 0 heterocycles. The maximum atomic E-state index is 2.53. The molecule has 0 amide bonds. The summed E-state index contributed by atoms with van der Waals surface area (Å²) in [5.41, 5.74) is 20.6. The van der Waals surface area contributed by atoms with Crippen LogP contribution in [0.25, 0.3) is 66.4 Å². The van der Waals surface area contributed by atoms with E-state index in [1.54, 1.807) is 0 Å². The third kappa shape index (κ3) is 4.99. The monoisotopic (exact) mass is 761 g/mol. The molecule has 1 spiro atoms. The maximum Gasteiger partial charge on any atom is 0.0746 e. The fourth-order valence-electron chi connectivity index (χ4n) is 10.5. The van der Waals surface area contributed by atoms with Crippen LogP contribution in [0.4, 0.5) is 17.1 Å². The molecule has 10 aromatic carbocycles. The highest BCUT2D eigenvalue weighted by Gasteiger charge is 2.53. The van der Waals surface area contributed by atoms with Crippen molar-refractivity contribution in [2.45, 2.75) is 5.41 Å². The first-order chi connectivity index (χ1) is 29.8. The van der Waals surface area contributed by atoms with Crippen LogP contribution in [0.15, 0.2) is 237 Å². The SMILES string of the molecule is c1ccc(-c2ccccc2N(c2ccc(-c3ccc(-c4ccccc4)c4ccccc34)cc2)c2cccc3c2C2(c4ccccc4-c4ccccc42)c2ccccc2-3)cc1. The van der Waals surface area contributed by atoms with E-state index in [1.807, 2.05) is 0 Å². The molecule has 2 aliphatic rings. The maximum absolute atomic E-state index is 2.53. The van der Waals surface area contributed by atoms with Crippen LogP contribution in [0.3, 0.4) is 0 Å². The van der Waals surface area contributed by atoms with E-state index in [0.29, 0.717) is 0 Å². The second-order valence-corrected chi connectivity index (χ2v) is 15.9. The Kier molecular flexibility index (Phi) is 7.83. The van der Waals surface area contributed by atoms with Gasteiger partial charge in [-0.15, -0.1) is 0 Å². The molecule has 0 bridgehead atoms. The highest BCUT2D eigenvalue weighted by molar-refractivity contribution is 6.05. The van der Waals surface area contributed by atoms with Gasteiger partial charge >= 0.3 is 0 Å². The summed E-state index contributed by atoms with van der Waals surface area (Å²) < 4.78 is 0. The summed E-state index contributed by atoms with van der Waals surface area (Å²) >= 11 is 0. The number of fused-ring (bicyclic) bond motifs is 11. The highest BCUT2D eigenvalue weighted by Crippen LogP contribution is 2.65. The van der Waals surface area contributed by atoms with E-state index >= 15 is 0 Å². The van der Waals surface area contributed by atoms with Crippen molar-refractivity contribution < 1.29 is 0 Å². The van der Waals surface area contributed by atoms with Crippen LogP contribution >= 0.6 is 0 Å². The van der Waals surface area contributed by atoms with Gasteiger partial charge in [0, 0.05) is 16.8 Å². The second-order valence-electron chi connectivity index (χ2n) is 15.9. The average Bonchev–Trinajstić information content (AvgIpc) is 3.80. The largest absolute Gasteiger partial charge is 0.310 e. The lowest BCUT2D eigenvalue weighted by molar-refractivity contribution is 0.793. The molecule has 0 aliphatic heterocycles. The number of para-hydroxylation sites is 1. The van der Waals surface area contributed by atoms with Gasteiger partial charge < -0.3 is 4.90 Å². The molecule has 0 aromatic heterocycles. The Hall–Kier alpha value is -7.74. The molecule has 280 valence electrons. The lowest BCUT2D eigenvalue weighted by Crippen LogP contribution is -2.28. The molecule has 0 fully saturated rings. The fraction of sp³-hybridized carbons (Fsp3) is 0.0169. The van der Waals surface area contributed by atoms with Gasteiger partial charge in [0.15, 0.2) is 0 Å². The van der Waals surface area contributed by atoms with E-state index < -0.39 is 5.41 Å². The minimum Gasteiger partial charge on any atom is -0.310 e. The third-order valence-electron chi connectivity index (χ3n) is 12.9. The third-order valence-corrected chi connectivity index (χ3v) is 12.9. The van der Waals surface area contributed by atoms with Crippen molar-refractivity contribution in [1.82, 2.24) is 0 Å². The minimum absolute atomic E-state index is 0.505. The van der Waals surface area contributed by atoms with Gasteiger partial charge in [-0.3, -0.25) is 0 Å². The summed E-state index contributed by atoms with van der Waals surface area (Å²) in [4.78, 5) is 2.53. The van der Waals surface area contributed by atoms with Crippen LogP contribution in [0.2, 0.25) is 0 Å². The van der Waals surface area contributed by atoms with Crippen molar-refractivity contribution in [3.8, 4) is 55.6 Å². The van der Waals surface area contributed by atoms with E-state index in [9.17, 15) is 0 Å². The van der Waals surface area contributed by atoms with Crippen LogP contribution in [-0.4, -0.2) is 0 Å². The van der Waals surface area contributed by atoms with E-state index in [2.05, 4.69) is 241 Å². The van der Waals surface area contributed by atoms with Gasteiger partial charge in [-0.05, 0) is 102 Å². The predicted octanol–water partition coefficient (Wildman–Crippen LogP) is 15.7. The van der Waals surface area contributed by atoms with Gasteiger partial charge in [0.25, 0.3) is 0 Å². The topological polar surface area (TPSA) is 3.24 Å². The van der Waals surface area contributed by atoms with Crippen LogP contribution in [-0.2, 0) is 5.41 Å². The lowest BCUT2D eigenvalue weighted by atomic mass is 9.70. The van der Waals surface area contributed by atoms with Crippen LogP contribution in [0, 0.1) is 0 Å². The standard InChI is InChI=1S/C59H39N/c1-3-18-40(19-4-1)44-38-39-45(48-24-8-7-23-47(44)48)42-34-36-43(37-35-42)60(56-32-16-12-22-46(56)41-20-5-2-6-21-41)57-33-17-28-52-51-27-11-15-31-55(51)59(58(52)57)53-29-13-9-25-49(53)50-26-10-14-30-54(50)59/h1-39H. The van der Waals surface area contributed by atoms with Gasteiger partial charge in [0.05, 0.1) is 16.8 Å². The summed E-state index contributed by atoms with van der Waals surface area (Å²) in [6, 6.07) is 87.2. The summed E-state index contributed by atoms with van der Waals surface area (Å²) in [6.07, 6.45) is 0. The zero-order valence-corrected chi connectivity index (χ0v) is 33.0. The first-order valence-corrected chi connectivity index (χ1v) is 20.9. The first kappa shape index (κ1) is 34.3. The molecule has 12 rings (SSSR count). The summed E-state index contributed by atoms with van der Waals surface area (Å²) in [6.45, 7) is 0. The normalized spacial score (nSPS) is 12.8. The smallest absolute Gasteiger partial charge is 0.0746 e. The average molecular weight is 762 g/mol. The van der Waals surface area contributed by atoms with E-state index in [4.69, 9.17) is 0 Å². The van der Waals surface area contributed by atoms with Crippen molar-refractivity contribution in [3.63, 3.8) is 0 Å². The Labute approximate surface area is 351 Å². The molecule has 60 heavy (non-hydrogen) atoms. The zero-order chi connectivity index (χ0) is 39.6. The van der Waals surface area contributed by atoms with Crippen LogP contribution in [0.1, 0.15) is 22.3 Å². The zero-order valence-electron chi connectivity index (χ0n) is 33.0. The van der Waals surface area contributed by atoms with E-state index in [1.165, 1.54) is 94.3 Å². The Morgan fingerprint density at radius 2 is 0.650 bits per heavy atom. The van der Waals surface area contributed by atoms with E-state index in [-0.39, 0.29) is 0 Å². The van der Waals surface area contributed by atoms with Crippen molar-refractivity contribution in [2.75, 3.05) is 4.90 Å². The molecule has 1 nitrogen and oxygen atoms in total. The van der Waals surface area contributed by atoms with Gasteiger partial charge in [-0.1, -0.05) is 212 Å². The molecule has 0 saturated carbocycles. The number of benzene rings is 10. The van der Waals surface area contributed by atoms with Crippen molar-refractivity contribution in [2.24, 2.45) is 0 Å². The molecular weight excluding hydrogens is 723 g/mol. The Morgan fingerprint density at radius 1 is 0.250 bits per heavy atom. The summed E-state index contributed by atoms with van der Waals surface area (Å²) in [5.74, 6) is 0. The van der Waals surface area contributed by atoms with Crippen molar-refractivity contribution in [3.05, 3.63) is 259 Å². The first-order valence-electron chi connectivity index (χ1n) is 20.9. The number of hydrogen-bond acceptors (Lipinski definition) is 1. The number of hydrogen-bond donors (Lipinski definition) is 0. The van der Waals surface area contributed by atoms with Gasteiger partial charge in [-0.2, -0.15) is 0 Å². The number of rotatable bonds is 6. The van der Waals surface area contributed by atoms with Crippen molar-refractivity contribution in [1.29, 1.82) is 0 Å². The number of nitrogens with zero attached hydrogens (tertiary/aromatic N) is 1. The molecule has 0 saturated heterocycles. The minimum atomic E-state index is -0.505. The molecule has 0 radical (unpaired) electrons. The molecule has 0 atom stereocenters. The van der Waals surface area contributed by atoms with Crippen molar-refractivity contribution >= 4 is 27.8 Å². The Morgan fingerprint density at radius 3 is 1.22 bits per heavy atom. The Balaban J connectivity index is 1.11. The fourth-order valence-corrected chi connectivity index (χ4v) is 10.5. The molecule has 0 N–H and O–H groups in total. The summed E-state index contributed by atoms with van der Waals surface area (Å²) in [7, 11) is 0. The quantitative estimate of drug-likeness (QED) is 0.163. The molecular formula is C59H39N. The predicted molar refractivity (Wildman–Crippen MR) is 251 cm³/mol. The highest BCUT2D eigenvalue weighted by atomic mass is 15.1. The molecule has 10 aromatic rings. The second kappa shape index (κ2) is 13.7. The Bertz CT molecular complexity index is 3190. The molecule has 2 aliphatic carbocycles. The van der Waals surface area contributed by atoms with Gasteiger partial charge in [0.2, 0.25) is 0 Å². The van der Waals surface area contributed by atoms with Crippen LogP contribution in [0.5, 0.6) is 0 Å². The van der Waals surface area contributed by atoms with Gasteiger partial charge in [0.1, 0.15) is 0 Å². The van der Waals surface area contributed by atoms with Gasteiger partial charge in [-0.25, -0.2) is 0 Å². The van der Waals surface area contributed by atoms with Crippen LogP contribution < -0.4 is 4.90 Å². The molecule has 0 unspecified atom stereocenters. The van der Waals surface area contributed by atoms with E-state index in [0.717, 1.165) is 11.4 Å². The molecule has 1 heteroatoms. The summed E-state index contributed by atoms with van der Waals surface area (Å²) in [5, 5.41) is 2.50. The number of anilines is 3.